The summed E-state index contributed by atoms with van der Waals surface area (Å²) in [5.74, 6) is 0.882. The van der Waals surface area contributed by atoms with E-state index in [1.807, 2.05) is 0 Å². The lowest BCUT2D eigenvalue weighted by Gasteiger charge is -2.46. The van der Waals surface area contributed by atoms with Crippen molar-refractivity contribution in [2.24, 2.45) is 17.1 Å². The van der Waals surface area contributed by atoms with Crippen molar-refractivity contribution in [2.75, 3.05) is 19.6 Å². The first-order valence-corrected chi connectivity index (χ1v) is 8.13. The summed E-state index contributed by atoms with van der Waals surface area (Å²) in [6.45, 7) is 8.24. The molecule has 2 rings (SSSR count). The molecule has 0 radical (unpaired) electrons. The zero-order valence-electron chi connectivity index (χ0n) is 12.5. The molecule has 2 aliphatic rings. The number of hydrogen-bond acceptors (Lipinski definition) is 2. The van der Waals surface area contributed by atoms with Crippen molar-refractivity contribution < 1.29 is 0 Å². The second-order valence-electron chi connectivity index (χ2n) is 6.93. The van der Waals surface area contributed by atoms with Crippen LogP contribution < -0.4 is 5.73 Å². The maximum atomic E-state index is 6.18. The van der Waals surface area contributed by atoms with Crippen LogP contribution >= 0.6 is 0 Å². The summed E-state index contributed by atoms with van der Waals surface area (Å²) < 4.78 is 0. The molecule has 1 aliphatic heterocycles. The number of nitrogens with zero attached hydrogens (tertiary/aromatic N) is 1. The van der Waals surface area contributed by atoms with E-state index < -0.39 is 0 Å². The van der Waals surface area contributed by atoms with E-state index in [1.54, 1.807) is 0 Å². The predicted octanol–water partition coefficient (Wildman–Crippen LogP) is 3.41. The Morgan fingerprint density at radius 2 is 2.06 bits per heavy atom. The molecule has 3 unspecified atom stereocenters. The molecule has 2 fully saturated rings. The van der Waals surface area contributed by atoms with Crippen LogP contribution in [-0.4, -0.2) is 30.6 Å². The van der Waals surface area contributed by atoms with Gasteiger partial charge in [-0.3, -0.25) is 4.90 Å². The van der Waals surface area contributed by atoms with Gasteiger partial charge in [0.05, 0.1) is 0 Å². The van der Waals surface area contributed by atoms with Gasteiger partial charge in [0.2, 0.25) is 0 Å². The van der Waals surface area contributed by atoms with Crippen molar-refractivity contribution >= 4 is 0 Å². The van der Waals surface area contributed by atoms with E-state index in [0.29, 0.717) is 5.41 Å². The Labute approximate surface area is 113 Å². The molecular weight excluding hydrogens is 220 g/mol. The monoisotopic (exact) mass is 252 g/mol. The van der Waals surface area contributed by atoms with Crippen LogP contribution in [0.5, 0.6) is 0 Å². The van der Waals surface area contributed by atoms with E-state index in [2.05, 4.69) is 18.7 Å². The molecule has 106 valence electrons. The minimum Gasteiger partial charge on any atom is -0.330 e. The fourth-order valence-electron chi connectivity index (χ4n) is 4.32. The minimum atomic E-state index is 0.433. The van der Waals surface area contributed by atoms with Crippen molar-refractivity contribution in [3.05, 3.63) is 0 Å². The summed E-state index contributed by atoms with van der Waals surface area (Å²) in [4.78, 5) is 2.77. The predicted molar refractivity (Wildman–Crippen MR) is 78.6 cm³/mol. The number of piperidine rings is 1. The maximum absolute atomic E-state index is 6.18. The number of likely N-dealkylation sites (tertiary alicyclic amines) is 1. The first-order chi connectivity index (χ1) is 8.69. The van der Waals surface area contributed by atoms with E-state index >= 15 is 0 Å². The third-order valence-electron chi connectivity index (χ3n) is 5.38. The van der Waals surface area contributed by atoms with E-state index in [9.17, 15) is 0 Å². The fraction of sp³-hybridized carbons (Fsp3) is 1.00. The van der Waals surface area contributed by atoms with Gasteiger partial charge in [0.25, 0.3) is 0 Å². The molecule has 1 heterocycles. The molecule has 0 spiro atoms. The lowest BCUT2D eigenvalue weighted by atomic mass is 9.69. The van der Waals surface area contributed by atoms with Gasteiger partial charge < -0.3 is 5.73 Å². The second kappa shape index (κ2) is 6.38. The normalized spacial score (nSPS) is 38.8. The molecule has 0 aromatic rings. The van der Waals surface area contributed by atoms with Crippen LogP contribution in [0.15, 0.2) is 0 Å². The van der Waals surface area contributed by atoms with Crippen molar-refractivity contribution in [3.63, 3.8) is 0 Å². The number of rotatable bonds is 4. The maximum Gasteiger partial charge on any atom is 0.00928 e. The van der Waals surface area contributed by atoms with Crippen molar-refractivity contribution in [1.29, 1.82) is 0 Å². The summed E-state index contributed by atoms with van der Waals surface area (Å²) in [6.07, 6.45) is 11.1. The molecule has 0 aromatic heterocycles. The lowest BCUT2D eigenvalue weighted by Crippen LogP contribution is -2.50. The number of hydrogen-bond donors (Lipinski definition) is 1. The molecule has 3 atom stereocenters. The summed E-state index contributed by atoms with van der Waals surface area (Å²) in [6, 6.07) is 0.833. The highest BCUT2D eigenvalue weighted by Gasteiger charge is 2.37. The standard InChI is InChI=1S/C16H32N2/c1-3-15-8-4-5-10-18(15)13-16(12-17)9-6-7-14(2)11-16/h14-15H,3-13,17H2,1-2H3. The van der Waals surface area contributed by atoms with Crippen LogP contribution in [0, 0.1) is 11.3 Å². The summed E-state index contributed by atoms with van der Waals surface area (Å²) in [5.41, 5.74) is 6.61. The summed E-state index contributed by atoms with van der Waals surface area (Å²) >= 11 is 0. The summed E-state index contributed by atoms with van der Waals surface area (Å²) in [5, 5.41) is 0. The van der Waals surface area contributed by atoms with Gasteiger partial charge in [-0.05, 0) is 56.5 Å². The molecule has 0 bridgehead atoms. The summed E-state index contributed by atoms with van der Waals surface area (Å²) in [7, 11) is 0. The highest BCUT2D eigenvalue weighted by molar-refractivity contribution is 4.91. The van der Waals surface area contributed by atoms with Crippen molar-refractivity contribution in [3.8, 4) is 0 Å². The average Bonchev–Trinajstić information content (AvgIpc) is 2.39. The molecule has 0 amide bonds. The Kier molecular flexibility index (Phi) is 5.08. The Morgan fingerprint density at radius 3 is 2.72 bits per heavy atom. The number of nitrogens with two attached hydrogens (primary N) is 1. The van der Waals surface area contributed by atoms with Crippen LogP contribution in [0.1, 0.15) is 65.2 Å². The topological polar surface area (TPSA) is 29.3 Å². The Balaban J connectivity index is 1.99. The molecular formula is C16H32N2. The van der Waals surface area contributed by atoms with Gasteiger partial charge in [-0.15, -0.1) is 0 Å². The van der Waals surface area contributed by atoms with Gasteiger partial charge in [-0.1, -0.05) is 33.1 Å². The van der Waals surface area contributed by atoms with E-state index in [4.69, 9.17) is 5.73 Å². The quantitative estimate of drug-likeness (QED) is 0.831. The SMILES string of the molecule is CCC1CCCCN1CC1(CN)CCCC(C)C1. The Bertz CT molecular complexity index is 253. The van der Waals surface area contributed by atoms with Gasteiger partial charge in [0.15, 0.2) is 0 Å². The Hall–Kier alpha value is -0.0800. The largest absolute Gasteiger partial charge is 0.330 e. The molecule has 2 heteroatoms. The van der Waals surface area contributed by atoms with Crippen LogP contribution in [-0.2, 0) is 0 Å². The molecule has 2 nitrogen and oxygen atoms in total. The van der Waals surface area contributed by atoms with Crippen molar-refractivity contribution in [2.45, 2.75) is 71.3 Å². The zero-order chi connectivity index (χ0) is 13.0. The van der Waals surface area contributed by atoms with Crippen LogP contribution in [0.2, 0.25) is 0 Å². The van der Waals surface area contributed by atoms with E-state index in [0.717, 1.165) is 18.5 Å². The smallest absolute Gasteiger partial charge is 0.00928 e. The van der Waals surface area contributed by atoms with Gasteiger partial charge in [0, 0.05) is 12.6 Å². The molecule has 1 saturated heterocycles. The van der Waals surface area contributed by atoms with Gasteiger partial charge >= 0.3 is 0 Å². The lowest BCUT2D eigenvalue weighted by molar-refractivity contribution is 0.0457. The third-order valence-corrected chi connectivity index (χ3v) is 5.38. The van der Waals surface area contributed by atoms with E-state index in [-0.39, 0.29) is 0 Å². The van der Waals surface area contributed by atoms with Crippen LogP contribution in [0.3, 0.4) is 0 Å². The molecule has 18 heavy (non-hydrogen) atoms. The Morgan fingerprint density at radius 1 is 1.22 bits per heavy atom. The first kappa shape index (κ1) is 14.3. The van der Waals surface area contributed by atoms with Gasteiger partial charge in [0.1, 0.15) is 0 Å². The van der Waals surface area contributed by atoms with Crippen LogP contribution in [0.4, 0.5) is 0 Å². The second-order valence-corrected chi connectivity index (χ2v) is 6.93. The minimum absolute atomic E-state index is 0.433. The molecule has 1 saturated carbocycles. The van der Waals surface area contributed by atoms with Gasteiger partial charge in [-0.2, -0.15) is 0 Å². The fourth-order valence-corrected chi connectivity index (χ4v) is 4.32. The third kappa shape index (κ3) is 3.27. The van der Waals surface area contributed by atoms with Crippen molar-refractivity contribution in [1.82, 2.24) is 4.90 Å². The van der Waals surface area contributed by atoms with Crippen LogP contribution in [0.25, 0.3) is 0 Å². The highest BCUT2D eigenvalue weighted by Crippen LogP contribution is 2.40. The molecule has 0 aromatic carbocycles. The van der Waals surface area contributed by atoms with Gasteiger partial charge in [-0.25, -0.2) is 0 Å². The van der Waals surface area contributed by atoms with E-state index in [1.165, 1.54) is 64.5 Å². The average molecular weight is 252 g/mol. The first-order valence-electron chi connectivity index (χ1n) is 8.13. The molecule has 1 aliphatic carbocycles. The molecule has 2 N–H and O–H groups in total. The highest BCUT2D eigenvalue weighted by atomic mass is 15.2. The zero-order valence-corrected chi connectivity index (χ0v) is 12.5.